The highest BCUT2D eigenvalue weighted by Gasteiger charge is 2.25. The van der Waals surface area contributed by atoms with Crippen LogP contribution < -0.4 is 19.3 Å². The Morgan fingerprint density at radius 3 is 2.41 bits per heavy atom. The van der Waals surface area contributed by atoms with Crippen LogP contribution in [-0.4, -0.2) is 57.3 Å². The second-order valence-electron chi connectivity index (χ2n) is 7.86. The number of quaternary nitrogens is 2. The maximum Gasteiger partial charge on any atom is 0.231 e. The summed E-state index contributed by atoms with van der Waals surface area (Å²) in [5.74, 6) is 1.69. The van der Waals surface area contributed by atoms with Crippen LogP contribution in [0.15, 0.2) is 42.5 Å². The average molecular weight is 421 g/mol. The van der Waals surface area contributed by atoms with E-state index < -0.39 is 6.10 Å². The normalized spacial score (nSPS) is 21.9. The van der Waals surface area contributed by atoms with Crippen molar-refractivity contribution in [2.45, 2.75) is 19.3 Å². The Hall–Kier alpha value is -1.83. The van der Waals surface area contributed by atoms with Crippen molar-refractivity contribution in [3.63, 3.8) is 0 Å². The van der Waals surface area contributed by atoms with E-state index >= 15 is 0 Å². The Morgan fingerprint density at radius 2 is 1.62 bits per heavy atom. The number of fused-ring (bicyclic) bond motifs is 1. The fourth-order valence-corrected chi connectivity index (χ4v) is 4.09. The maximum absolute atomic E-state index is 10.3. The first-order valence-corrected chi connectivity index (χ1v) is 10.6. The summed E-state index contributed by atoms with van der Waals surface area (Å²) in [6, 6.07) is 13.8. The Kier molecular flexibility index (Phi) is 6.90. The van der Waals surface area contributed by atoms with Gasteiger partial charge in [0.25, 0.3) is 0 Å². The molecule has 1 fully saturated rings. The summed E-state index contributed by atoms with van der Waals surface area (Å²) in [5, 5.41) is 11.0. The molecule has 1 atom stereocenters. The van der Waals surface area contributed by atoms with Crippen LogP contribution in [0.1, 0.15) is 11.1 Å². The molecule has 0 radical (unpaired) electrons. The topological polar surface area (TPSA) is 56.8 Å². The van der Waals surface area contributed by atoms with Gasteiger partial charge in [-0.15, -0.1) is 0 Å². The third-order valence-electron chi connectivity index (χ3n) is 5.57. The number of piperazine rings is 1. The molecule has 0 saturated carbocycles. The molecule has 2 aromatic carbocycles. The zero-order valence-corrected chi connectivity index (χ0v) is 17.3. The molecule has 3 N–H and O–H groups in total. The fraction of sp³-hybridized carbons (Fsp3) is 0.455. The predicted octanol–water partition coefficient (Wildman–Crippen LogP) is -0.0702. The SMILES string of the molecule is O[C@@H](COCc1ccc(Cl)cc1)C[NH+]1CC[NH+](Cc2ccc3c(c2)OCO3)CC1. The van der Waals surface area contributed by atoms with E-state index in [0.29, 0.717) is 20.0 Å². The standard InChI is InChI=1S/C22H27ClN2O4/c23-19-4-1-17(2-5-19)14-27-15-20(26)13-25-9-7-24(8-10-25)12-18-3-6-21-22(11-18)29-16-28-21/h1-6,11,20,26H,7-10,12-16H2/p+2/t20-/m1/s1. The van der Waals surface area contributed by atoms with Gasteiger partial charge in [0.15, 0.2) is 11.5 Å². The molecule has 0 amide bonds. The van der Waals surface area contributed by atoms with Gasteiger partial charge >= 0.3 is 0 Å². The molecule has 6 nitrogen and oxygen atoms in total. The fourth-order valence-electron chi connectivity index (χ4n) is 3.96. The molecule has 29 heavy (non-hydrogen) atoms. The van der Waals surface area contributed by atoms with Gasteiger partial charge in [-0.25, -0.2) is 0 Å². The molecule has 2 heterocycles. The second-order valence-corrected chi connectivity index (χ2v) is 8.30. The van der Waals surface area contributed by atoms with Crippen molar-refractivity contribution < 1.29 is 29.1 Å². The van der Waals surface area contributed by atoms with Gasteiger partial charge in [-0.2, -0.15) is 0 Å². The van der Waals surface area contributed by atoms with Crippen LogP contribution in [0, 0.1) is 0 Å². The number of aliphatic hydroxyl groups excluding tert-OH is 1. The molecule has 156 valence electrons. The molecule has 4 rings (SSSR count). The first kappa shape index (κ1) is 20.4. The van der Waals surface area contributed by atoms with E-state index in [-0.39, 0.29) is 0 Å². The van der Waals surface area contributed by atoms with Crippen LogP contribution in [0.4, 0.5) is 0 Å². The average Bonchev–Trinajstić information content (AvgIpc) is 3.19. The van der Waals surface area contributed by atoms with Crippen LogP contribution in [-0.2, 0) is 17.9 Å². The van der Waals surface area contributed by atoms with Gasteiger partial charge < -0.3 is 29.1 Å². The van der Waals surface area contributed by atoms with Crippen LogP contribution in [0.25, 0.3) is 0 Å². The lowest BCUT2D eigenvalue weighted by Crippen LogP contribution is -3.28. The van der Waals surface area contributed by atoms with Gasteiger partial charge in [0.2, 0.25) is 6.79 Å². The summed E-state index contributed by atoms with van der Waals surface area (Å²) >= 11 is 5.89. The Morgan fingerprint density at radius 1 is 0.931 bits per heavy atom. The first-order valence-electron chi connectivity index (χ1n) is 10.2. The van der Waals surface area contributed by atoms with Crippen molar-refractivity contribution in [3.05, 3.63) is 58.6 Å². The van der Waals surface area contributed by atoms with Crippen LogP contribution in [0.3, 0.4) is 0 Å². The minimum Gasteiger partial charge on any atom is -0.454 e. The minimum absolute atomic E-state index is 0.319. The molecular weight excluding hydrogens is 392 g/mol. The summed E-state index contributed by atoms with van der Waals surface area (Å²) in [6.45, 7) is 7.23. The molecule has 0 aromatic heterocycles. The largest absolute Gasteiger partial charge is 0.454 e. The third-order valence-corrected chi connectivity index (χ3v) is 5.82. The Bertz CT molecular complexity index is 794. The van der Waals surface area contributed by atoms with Crippen LogP contribution in [0.2, 0.25) is 5.02 Å². The lowest BCUT2D eigenvalue weighted by molar-refractivity contribution is -1.02. The highest BCUT2D eigenvalue weighted by atomic mass is 35.5. The smallest absolute Gasteiger partial charge is 0.231 e. The van der Waals surface area contributed by atoms with E-state index in [1.54, 1.807) is 4.90 Å². The highest BCUT2D eigenvalue weighted by Crippen LogP contribution is 2.32. The number of hydrogen-bond acceptors (Lipinski definition) is 4. The summed E-state index contributed by atoms with van der Waals surface area (Å²) in [4.78, 5) is 3.02. The quantitative estimate of drug-likeness (QED) is 0.559. The minimum atomic E-state index is -0.437. The van der Waals surface area contributed by atoms with Crippen molar-refractivity contribution in [2.24, 2.45) is 0 Å². The monoisotopic (exact) mass is 420 g/mol. The molecule has 0 aliphatic carbocycles. The lowest BCUT2D eigenvalue weighted by atomic mass is 10.1. The first-order chi connectivity index (χ1) is 14.2. The van der Waals surface area contributed by atoms with E-state index in [1.807, 2.05) is 30.3 Å². The summed E-state index contributed by atoms with van der Waals surface area (Å²) in [5.41, 5.74) is 2.35. The number of ether oxygens (including phenoxy) is 3. The number of aliphatic hydroxyl groups is 1. The molecule has 1 saturated heterocycles. The van der Waals surface area contributed by atoms with Gasteiger partial charge in [0.1, 0.15) is 45.4 Å². The predicted molar refractivity (Wildman–Crippen MR) is 110 cm³/mol. The lowest BCUT2D eigenvalue weighted by Gasteiger charge is -2.30. The van der Waals surface area contributed by atoms with Gasteiger partial charge in [0, 0.05) is 10.6 Å². The molecular formula is C22H29ClN2O4+2. The maximum atomic E-state index is 10.3. The van der Waals surface area contributed by atoms with Crippen molar-refractivity contribution >= 4 is 11.6 Å². The zero-order valence-electron chi connectivity index (χ0n) is 16.5. The highest BCUT2D eigenvalue weighted by molar-refractivity contribution is 6.30. The van der Waals surface area contributed by atoms with Crippen molar-refractivity contribution in [3.8, 4) is 11.5 Å². The number of rotatable bonds is 8. The van der Waals surface area contributed by atoms with Gasteiger partial charge in [0.05, 0.1) is 13.2 Å². The van der Waals surface area contributed by atoms with Gasteiger partial charge in [-0.3, -0.25) is 0 Å². The van der Waals surface area contributed by atoms with E-state index in [4.69, 9.17) is 25.8 Å². The molecule has 2 aliphatic rings. The van der Waals surface area contributed by atoms with E-state index in [0.717, 1.165) is 61.4 Å². The van der Waals surface area contributed by atoms with E-state index in [2.05, 4.69) is 12.1 Å². The van der Waals surface area contributed by atoms with Crippen molar-refractivity contribution in [2.75, 3.05) is 46.1 Å². The van der Waals surface area contributed by atoms with Gasteiger partial charge in [-0.1, -0.05) is 23.7 Å². The van der Waals surface area contributed by atoms with Crippen LogP contribution in [0.5, 0.6) is 11.5 Å². The van der Waals surface area contributed by atoms with Crippen molar-refractivity contribution in [1.82, 2.24) is 0 Å². The molecule has 0 unspecified atom stereocenters. The van der Waals surface area contributed by atoms with Gasteiger partial charge in [-0.05, 0) is 35.9 Å². The second kappa shape index (κ2) is 9.78. The Labute approximate surface area is 176 Å². The molecule has 2 aliphatic heterocycles. The number of hydrogen-bond donors (Lipinski definition) is 3. The molecule has 2 aromatic rings. The molecule has 0 spiro atoms. The van der Waals surface area contributed by atoms with E-state index in [1.165, 1.54) is 10.5 Å². The molecule has 7 heteroatoms. The zero-order chi connectivity index (χ0) is 20.1. The van der Waals surface area contributed by atoms with Crippen molar-refractivity contribution in [1.29, 1.82) is 0 Å². The van der Waals surface area contributed by atoms with E-state index in [9.17, 15) is 5.11 Å². The molecule has 0 bridgehead atoms. The summed E-state index contributed by atoms with van der Waals surface area (Å²) in [7, 11) is 0. The summed E-state index contributed by atoms with van der Waals surface area (Å²) < 4.78 is 16.5. The summed E-state index contributed by atoms with van der Waals surface area (Å²) in [6.07, 6.45) is -0.437. The number of halogens is 1. The Balaban J connectivity index is 1.14. The number of benzene rings is 2. The third kappa shape index (κ3) is 5.84. The number of nitrogens with one attached hydrogen (secondary N) is 2. The van der Waals surface area contributed by atoms with Crippen LogP contribution >= 0.6 is 11.6 Å².